The molecule has 0 bridgehead atoms. The third-order valence-electron chi connectivity index (χ3n) is 4.53. The molecule has 1 heterocycles. The van der Waals surface area contributed by atoms with Crippen LogP contribution in [0.5, 0.6) is 0 Å². The number of hydrogen-bond acceptors (Lipinski definition) is 2. The predicted octanol–water partition coefficient (Wildman–Crippen LogP) is 3.86. The van der Waals surface area contributed by atoms with Crippen molar-refractivity contribution < 1.29 is 18.4 Å². The normalized spacial score (nSPS) is 15.1. The van der Waals surface area contributed by atoms with Gasteiger partial charge in [-0.2, -0.15) is 0 Å². The standard InChI is InChI=1S/C21H20F2N2O2/c22-17-12-18(23)14-19(13-17)24-21(27)16-8-10-25(11-9-16)20(26)7-6-15-4-2-1-3-5-15/h1-7,12-14,16H,8-11H2,(H,24,27)/b7-6+. The lowest BCUT2D eigenvalue weighted by atomic mass is 9.95. The first-order valence-electron chi connectivity index (χ1n) is 8.80. The molecule has 140 valence electrons. The van der Waals surface area contributed by atoms with Crippen LogP contribution in [0.1, 0.15) is 18.4 Å². The van der Waals surface area contributed by atoms with Crippen LogP contribution in [-0.2, 0) is 9.59 Å². The average Bonchev–Trinajstić information content (AvgIpc) is 2.66. The molecule has 0 unspecified atom stereocenters. The van der Waals surface area contributed by atoms with Crippen LogP contribution < -0.4 is 5.32 Å². The summed E-state index contributed by atoms with van der Waals surface area (Å²) in [7, 11) is 0. The third kappa shape index (κ3) is 5.23. The number of nitrogens with zero attached hydrogens (tertiary/aromatic N) is 1. The summed E-state index contributed by atoms with van der Waals surface area (Å²) in [6.45, 7) is 0.932. The number of amides is 2. The fraction of sp³-hybridized carbons (Fsp3) is 0.238. The van der Waals surface area contributed by atoms with Crippen molar-refractivity contribution in [2.24, 2.45) is 5.92 Å². The topological polar surface area (TPSA) is 49.4 Å². The molecule has 4 nitrogen and oxygen atoms in total. The summed E-state index contributed by atoms with van der Waals surface area (Å²) in [6.07, 6.45) is 4.31. The number of nitrogens with one attached hydrogen (secondary N) is 1. The molecule has 1 aliphatic rings. The summed E-state index contributed by atoms with van der Waals surface area (Å²) in [4.78, 5) is 26.3. The van der Waals surface area contributed by atoms with Gasteiger partial charge in [0, 0.05) is 36.8 Å². The predicted molar refractivity (Wildman–Crippen MR) is 99.8 cm³/mol. The molecular formula is C21H20F2N2O2. The van der Waals surface area contributed by atoms with Crippen LogP contribution in [0.4, 0.5) is 14.5 Å². The lowest BCUT2D eigenvalue weighted by molar-refractivity contribution is -0.130. The van der Waals surface area contributed by atoms with Crippen molar-refractivity contribution in [3.63, 3.8) is 0 Å². The van der Waals surface area contributed by atoms with E-state index >= 15 is 0 Å². The Morgan fingerprint density at radius 1 is 1.00 bits per heavy atom. The number of hydrogen-bond donors (Lipinski definition) is 1. The molecule has 0 atom stereocenters. The van der Waals surface area contributed by atoms with Gasteiger partial charge >= 0.3 is 0 Å². The molecule has 1 fully saturated rings. The van der Waals surface area contributed by atoms with Crippen molar-refractivity contribution in [3.05, 3.63) is 71.8 Å². The molecule has 1 N–H and O–H groups in total. The number of anilines is 1. The molecule has 0 aromatic heterocycles. The van der Waals surface area contributed by atoms with E-state index in [-0.39, 0.29) is 23.4 Å². The van der Waals surface area contributed by atoms with Gasteiger partial charge < -0.3 is 10.2 Å². The largest absolute Gasteiger partial charge is 0.339 e. The monoisotopic (exact) mass is 370 g/mol. The van der Waals surface area contributed by atoms with E-state index in [1.807, 2.05) is 30.3 Å². The van der Waals surface area contributed by atoms with Crippen LogP contribution >= 0.6 is 0 Å². The molecule has 0 radical (unpaired) electrons. The van der Waals surface area contributed by atoms with E-state index < -0.39 is 11.6 Å². The first-order chi connectivity index (χ1) is 13.0. The van der Waals surface area contributed by atoms with Gasteiger partial charge in [-0.25, -0.2) is 8.78 Å². The minimum absolute atomic E-state index is 0.0927. The Labute approximate surface area is 156 Å². The highest BCUT2D eigenvalue weighted by Crippen LogP contribution is 2.21. The fourth-order valence-corrected chi connectivity index (χ4v) is 3.07. The smallest absolute Gasteiger partial charge is 0.246 e. The maximum Gasteiger partial charge on any atom is 0.246 e. The molecule has 0 aliphatic carbocycles. The Hall–Kier alpha value is -3.02. The van der Waals surface area contributed by atoms with Gasteiger partial charge in [0.2, 0.25) is 11.8 Å². The first kappa shape index (κ1) is 18.8. The Bertz CT molecular complexity index is 824. The molecule has 0 spiro atoms. The van der Waals surface area contributed by atoms with Crippen molar-refractivity contribution in [2.45, 2.75) is 12.8 Å². The van der Waals surface area contributed by atoms with E-state index in [0.717, 1.165) is 23.8 Å². The van der Waals surface area contributed by atoms with Crippen LogP contribution in [0.2, 0.25) is 0 Å². The highest BCUT2D eigenvalue weighted by atomic mass is 19.1. The second-order valence-electron chi connectivity index (χ2n) is 6.49. The van der Waals surface area contributed by atoms with E-state index in [1.54, 1.807) is 11.0 Å². The lowest BCUT2D eigenvalue weighted by Gasteiger charge is -2.30. The zero-order valence-corrected chi connectivity index (χ0v) is 14.7. The van der Waals surface area contributed by atoms with Crippen molar-refractivity contribution in [3.8, 4) is 0 Å². The van der Waals surface area contributed by atoms with Crippen molar-refractivity contribution in [1.29, 1.82) is 0 Å². The van der Waals surface area contributed by atoms with Crippen LogP contribution in [-0.4, -0.2) is 29.8 Å². The second-order valence-corrected chi connectivity index (χ2v) is 6.49. The van der Waals surface area contributed by atoms with E-state index in [9.17, 15) is 18.4 Å². The first-order valence-corrected chi connectivity index (χ1v) is 8.80. The second kappa shape index (κ2) is 8.58. The lowest BCUT2D eigenvalue weighted by Crippen LogP contribution is -2.40. The maximum absolute atomic E-state index is 13.2. The Kier molecular flexibility index (Phi) is 5.96. The number of benzene rings is 2. The van der Waals surface area contributed by atoms with Crippen LogP contribution in [0.15, 0.2) is 54.6 Å². The zero-order chi connectivity index (χ0) is 19.2. The molecule has 3 rings (SSSR count). The van der Waals surface area contributed by atoms with Gasteiger partial charge in [0.05, 0.1) is 0 Å². The number of carbonyl (C=O) groups is 2. The molecule has 1 saturated heterocycles. The zero-order valence-electron chi connectivity index (χ0n) is 14.7. The van der Waals surface area contributed by atoms with E-state index in [4.69, 9.17) is 0 Å². The van der Waals surface area contributed by atoms with Crippen molar-refractivity contribution >= 4 is 23.6 Å². The van der Waals surface area contributed by atoms with Gasteiger partial charge in [-0.15, -0.1) is 0 Å². The molecule has 27 heavy (non-hydrogen) atoms. The summed E-state index contributed by atoms with van der Waals surface area (Å²) in [5, 5.41) is 2.55. The maximum atomic E-state index is 13.2. The van der Waals surface area contributed by atoms with Gasteiger partial charge in [0.25, 0.3) is 0 Å². The number of carbonyl (C=O) groups excluding carboxylic acids is 2. The molecule has 2 amide bonds. The van der Waals surface area contributed by atoms with Crippen molar-refractivity contribution in [1.82, 2.24) is 4.90 Å². The van der Waals surface area contributed by atoms with Crippen LogP contribution in [0, 0.1) is 17.6 Å². The molecular weight excluding hydrogens is 350 g/mol. The Morgan fingerprint density at radius 3 is 2.26 bits per heavy atom. The number of piperidine rings is 1. The Balaban J connectivity index is 1.51. The summed E-state index contributed by atoms with van der Waals surface area (Å²) in [6, 6.07) is 12.4. The van der Waals surface area contributed by atoms with Crippen LogP contribution in [0.25, 0.3) is 6.08 Å². The summed E-state index contributed by atoms with van der Waals surface area (Å²) >= 11 is 0. The van der Waals surface area contributed by atoms with Crippen molar-refractivity contribution in [2.75, 3.05) is 18.4 Å². The number of rotatable bonds is 4. The fourth-order valence-electron chi connectivity index (χ4n) is 3.07. The van der Waals surface area contributed by atoms with E-state index in [2.05, 4.69) is 5.32 Å². The highest BCUT2D eigenvalue weighted by molar-refractivity contribution is 5.94. The molecule has 2 aromatic carbocycles. The highest BCUT2D eigenvalue weighted by Gasteiger charge is 2.26. The average molecular weight is 370 g/mol. The van der Waals surface area contributed by atoms with E-state index in [0.29, 0.717) is 25.9 Å². The van der Waals surface area contributed by atoms with Gasteiger partial charge in [-0.3, -0.25) is 9.59 Å². The molecule has 0 saturated carbocycles. The van der Waals surface area contributed by atoms with Gasteiger partial charge in [0.15, 0.2) is 0 Å². The summed E-state index contributed by atoms with van der Waals surface area (Å²) in [5.74, 6) is -2.15. The van der Waals surface area contributed by atoms with Gasteiger partial charge in [-0.05, 0) is 36.6 Å². The van der Waals surface area contributed by atoms with Gasteiger partial charge in [0.1, 0.15) is 11.6 Å². The molecule has 6 heteroatoms. The van der Waals surface area contributed by atoms with E-state index in [1.165, 1.54) is 6.08 Å². The summed E-state index contributed by atoms with van der Waals surface area (Å²) < 4.78 is 26.4. The quantitative estimate of drug-likeness (QED) is 0.831. The minimum atomic E-state index is -0.740. The summed E-state index contributed by atoms with van der Waals surface area (Å²) in [5.41, 5.74) is 1.05. The van der Waals surface area contributed by atoms with Gasteiger partial charge in [-0.1, -0.05) is 30.3 Å². The molecule has 2 aromatic rings. The number of halogens is 2. The SMILES string of the molecule is O=C(Nc1cc(F)cc(F)c1)C1CCN(C(=O)/C=C/c2ccccc2)CC1. The van der Waals surface area contributed by atoms with Crippen LogP contribution in [0.3, 0.4) is 0 Å². The molecule has 1 aliphatic heterocycles. The number of likely N-dealkylation sites (tertiary alicyclic amines) is 1. The third-order valence-corrected chi connectivity index (χ3v) is 4.53. The Morgan fingerprint density at radius 2 is 1.63 bits per heavy atom. The minimum Gasteiger partial charge on any atom is -0.339 e.